The average molecular weight is 264 g/mol. The molecule has 0 aromatic heterocycles. The minimum atomic E-state index is 0.782. The van der Waals surface area contributed by atoms with Gasteiger partial charge in [-0.3, -0.25) is 0 Å². The molecule has 0 fully saturated rings. The number of rotatable bonds is 5. The Morgan fingerprint density at radius 1 is 1.44 bits per heavy atom. The number of hydrogen-bond acceptors (Lipinski definition) is 2. The first-order valence-corrected chi connectivity index (χ1v) is 6.94. The summed E-state index contributed by atoms with van der Waals surface area (Å²) in [5.74, 6) is 0. The molecule has 0 bridgehead atoms. The SMILES string of the molecule is CCOCCCNC(=S)N1CCc2ccccc21. The highest BCUT2D eigenvalue weighted by molar-refractivity contribution is 7.80. The highest BCUT2D eigenvalue weighted by atomic mass is 32.1. The topological polar surface area (TPSA) is 24.5 Å². The summed E-state index contributed by atoms with van der Waals surface area (Å²) in [5.41, 5.74) is 2.63. The van der Waals surface area contributed by atoms with Crippen LogP contribution in [0.15, 0.2) is 24.3 Å². The van der Waals surface area contributed by atoms with Crippen LogP contribution >= 0.6 is 12.2 Å². The molecule has 0 saturated carbocycles. The van der Waals surface area contributed by atoms with E-state index in [0.29, 0.717) is 0 Å². The van der Waals surface area contributed by atoms with Gasteiger partial charge in [0.05, 0.1) is 0 Å². The molecule has 3 nitrogen and oxygen atoms in total. The molecule has 1 aromatic carbocycles. The maximum absolute atomic E-state index is 5.44. The molecule has 0 spiro atoms. The largest absolute Gasteiger partial charge is 0.382 e. The van der Waals surface area contributed by atoms with E-state index in [1.54, 1.807) is 0 Å². The van der Waals surface area contributed by atoms with Crippen LogP contribution in [0.5, 0.6) is 0 Å². The normalized spacial score (nSPS) is 13.5. The van der Waals surface area contributed by atoms with E-state index >= 15 is 0 Å². The molecule has 18 heavy (non-hydrogen) atoms. The molecule has 0 saturated heterocycles. The average Bonchev–Trinajstić information content (AvgIpc) is 2.82. The van der Waals surface area contributed by atoms with Crippen LogP contribution in [0, 0.1) is 0 Å². The van der Waals surface area contributed by atoms with E-state index in [9.17, 15) is 0 Å². The summed E-state index contributed by atoms with van der Waals surface area (Å²) in [5, 5.41) is 4.13. The molecule has 1 N–H and O–H groups in total. The Labute approximate surface area is 114 Å². The third-order valence-corrected chi connectivity index (χ3v) is 3.44. The Bertz CT molecular complexity index is 409. The first kappa shape index (κ1) is 13.3. The number of anilines is 1. The highest BCUT2D eigenvalue weighted by Crippen LogP contribution is 2.27. The summed E-state index contributed by atoms with van der Waals surface area (Å²) in [7, 11) is 0. The summed E-state index contributed by atoms with van der Waals surface area (Å²) < 4.78 is 5.30. The van der Waals surface area contributed by atoms with Crippen molar-refractivity contribution in [3.8, 4) is 0 Å². The number of nitrogens with one attached hydrogen (secondary N) is 1. The quantitative estimate of drug-likeness (QED) is 0.652. The molecule has 0 radical (unpaired) electrons. The molecule has 98 valence electrons. The van der Waals surface area contributed by atoms with Gasteiger partial charge in [-0.25, -0.2) is 0 Å². The van der Waals surface area contributed by atoms with E-state index in [2.05, 4.69) is 34.5 Å². The molecule has 1 heterocycles. The van der Waals surface area contributed by atoms with Gasteiger partial charge < -0.3 is 15.0 Å². The summed E-state index contributed by atoms with van der Waals surface area (Å²) >= 11 is 5.44. The zero-order valence-electron chi connectivity index (χ0n) is 10.8. The van der Waals surface area contributed by atoms with Crippen LogP contribution in [0.1, 0.15) is 18.9 Å². The fourth-order valence-corrected chi connectivity index (χ4v) is 2.45. The lowest BCUT2D eigenvalue weighted by Gasteiger charge is -2.21. The van der Waals surface area contributed by atoms with Crippen LogP contribution in [0.4, 0.5) is 5.69 Å². The van der Waals surface area contributed by atoms with Gasteiger partial charge in [0.15, 0.2) is 5.11 Å². The summed E-state index contributed by atoms with van der Waals surface area (Å²) in [6, 6.07) is 8.46. The van der Waals surface area contributed by atoms with Crippen LogP contribution in [0.25, 0.3) is 0 Å². The van der Waals surface area contributed by atoms with E-state index in [1.807, 2.05) is 6.92 Å². The lowest BCUT2D eigenvalue weighted by Crippen LogP contribution is -2.39. The number of fused-ring (bicyclic) bond motifs is 1. The first-order valence-electron chi connectivity index (χ1n) is 6.54. The van der Waals surface area contributed by atoms with Crippen molar-refractivity contribution in [1.29, 1.82) is 0 Å². The molecule has 2 rings (SSSR count). The zero-order valence-corrected chi connectivity index (χ0v) is 11.6. The minimum absolute atomic E-state index is 0.782. The van der Waals surface area contributed by atoms with E-state index in [1.165, 1.54) is 11.3 Å². The summed E-state index contributed by atoms with van der Waals surface area (Å²) in [6.45, 7) is 5.44. The Morgan fingerprint density at radius 3 is 3.11 bits per heavy atom. The third kappa shape index (κ3) is 3.21. The Kier molecular flexibility index (Phi) is 4.96. The van der Waals surface area contributed by atoms with Crippen molar-refractivity contribution in [1.82, 2.24) is 5.32 Å². The second-order valence-corrected chi connectivity index (χ2v) is 4.70. The van der Waals surface area contributed by atoms with Crippen LogP contribution in [0.2, 0.25) is 0 Å². The molecular weight excluding hydrogens is 244 g/mol. The predicted molar refractivity (Wildman–Crippen MR) is 79.2 cm³/mol. The third-order valence-electron chi connectivity index (χ3n) is 3.08. The Hall–Kier alpha value is -1.13. The maximum Gasteiger partial charge on any atom is 0.173 e. The van der Waals surface area contributed by atoms with Crippen molar-refractivity contribution in [3.05, 3.63) is 29.8 Å². The summed E-state index contributed by atoms with van der Waals surface area (Å²) in [6.07, 6.45) is 2.07. The smallest absolute Gasteiger partial charge is 0.173 e. The van der Waals surface area contributed by atoms with E-state index in [-0.39, 0.29) is 0 Å². The molecular formula is C14H20N2OS. The molecule has 4 heteroatoms. The predicted octanol–water partition coefficient (Wildman–Crippen LogP) is 2.35. The molecule has 1 aliphatic rings. The van der Waals surface area contributed by atoms with E-state index in [0.717, 1.165) is 44.3 Å². The highest BCUT2D eigenvalue weighted by Gasteiger charge is 2.20. The van der Waals surface area contributed by atoms with Gasteiger partial charge in [0.2, 0.25) is 0 Å². The Balaban J connectivity index is 1.80. The van der Waals surface area contributed by atoms with Crippen molar-refractivity contribution >= 4 is 23.0 Å². The van der Waals surface area contributed by atoms with Gasteiger partial charge in [0, 0.05) is 32.0 Å². The van der Waals surface area contributed by atoms with Crippen molar-refractivity contribution in [2.24, 2.45) is 0 Å². The lowest BCUT2D eigenvalue weighted by molar-refractivity contribution is 0.146. The maximum atomic E-state index is 5.44. The van der Waals surface area contributed by atoms with Gasteiger partial charge in [-0.05, 0) is 43.6 Å². The van der Waals surface area contributed by atoms with Gasteiger partial charge >= 0.3 is 0 Å². The molecule has 0 unspecified atom stereocenters. The van der Waals surface area contributed by atoms with Crippen molar-refractivity contribution in [2.45, 2.75) is 19.8 Å². The fourth-order valence-electron chi connectivity index (χ4n) is 2.16. The van der Waals surface area contributed by atoms with Gasteiger partial charge in [-0.1, -0.05) is 18.2 Å². The van der Waals surface area contributed by atoms with E-state index in [4.69, 9.17) is 17.0 Å². The monoisotopic (exact) mass is 264 g/mol. The fraction of sp³-hybridized carbons (Fsp3) is 0.500. The molecule has 1 aliphatic heterocycles. The van der Waals surface area contributed by atoms with Gasteiger partial charge in [-0.2, -0.15) is 0 Å². The number of nitrogens with zero attached hydrogens (tertiary/aromatic N) is 1. The van der Waals surface area contributed by atoms with Crippen LogP contribution in [-0.4, -0.2) is 31.4 Å². The second-order valence-electron chi connectivity index (χ2n) is 4.31. The number of hydrogen-bond donors (Lipinski definition) is 1. The molecule has 0 amide bonds. The number of para-hydroxylation sites is 1. The molecule has 0 aliphatic carbocycles. The standard InChI is InChI=1S/C14H20N2OS/c1-2-17-11-5-9-15-14(18)16-10-8-12-6-3-4-7-13(12)16/h3-4,6-7H,2,5,8-11H2,1H3,(H,15,18). The van der Waals surface area contributed by atoms with Crippen molar-refractivity contribution in [3.63, 3.8) is 0 Å². The zero-order chi connectivity index (χ0) is 12.8. The molecule has 1 aromatic rings. The lowest BCUT2D eigenvalue weighted by atomic mass is 10.2. The molecule has 0 atom stereocenters. The minimum Gasteiger partial charge on any atom is -0.382 e. The van der Waals surface area contributed by atoms with Gasteiger partial charge in [0.1, 0.15) is 0 Å². The number of ether oxygens (including phenoxy) is 1. The first-order chi connectivity index (χ1) is 8.83. The second kappa shape index (κ2) is 6.71. The summed E-state index contributed by atoms with van der Waals surface area (Å²) in [4.78, 5) is 2.19. The van der Waals surface area contributed by atoms with E-state index < -0.39 is 0 Å². The van der Waals surface area contributed by atoms with Crippen molar-refractivity contribution < 1.29 is 4.74 Å². The Morgan fingerprint density at radius 2 is 2.28 bits per heavy atom. The van der Waals surface area contributed by atoms with Gasteiger partial charge in [-0.15, -0.1) is 0 Å². The van der Waals surface area contributed by atoms with Crippen molar-refractivity contribution in [2.75, 3.05) is 31.2 Å². The number of benzene rings is 1. The van der Waals surface area contributed by atoms with Crippen LogP contribution in [-0.2, 0) is 11.2 Å². The van der Waals surface area contributed by atoms with Crippen LogP contribution < -0.4 is 10.2 Å². The number of thiocarbonyl (C=S) groups is 1. The van der Waals surface area contributed by atoms with Gasteiger partial charge in [0.25, 0.3) is 0 Å². The van der Waals surface area contributed by atoms with Crippen LogP contribution in [0.3, 0.4) is 0 Å².